The van der Waals surface area contributed by atoms with Crippen LogP contribution in [0.15, 0.2) is 21.4 Å². The maximum absolute atomic E-state index is 13.7. The van der Waals surface area contributed by atoms with E-state index in [-0.39, 0.29) is 21.8 Å². The van der Waals surface area contributed by atoms with Gasteiger partial charge in [0.25, 0.3) is 5.56 Å². The van der Waals surface area contributed by atoms with Gasteiger partial charge >= 0.3 is 0 Å². The standard InChI is InChI=1S/C9H7BrFN3O/c10-5-2-1-4-7(8(5)11)6(3-12)13-14-9(4)15/h1-2H,3,12H2,(H,14,15). The third kappa shape index (κ3) is 1.55. The van der Waals surface area contributed by atoms with Crippen molar-refractivity contribution < 1.29 is 4.39 Å². The number of nitrogens with one attached hydrogen (secondary N) is 1. The van der Waals surface area contributed by atoms with Crippen LogP contribution in [-0.2, 0) is 6.54 Å². The predicted octanol–water partition coefficient (Wildman–Crippen LogP) is 1.28. The minimum absolute atomic E-state index is 0.0701. The summed E-state index contributed by atoms with van der Waals surface area (Å²) in [5.74, 6) is -0.508. The SMILES string of the molecule is NCc1n[nH]c(=O)c2ccc(Br)c(F)c12. The van der Waals surface area contributed by atoms with Gasteiger partial charge in [0.15, 0.2) is 0 Å². The maximum Gasteiger partial charge on any atom is 0.272 e. The third-order valence-electron chi connectivity index (χ3n) is 2.11. The fourth-order valence-corrected chi connectivity index (χ4v) is 1.73. The molecule has 0 aliphatic carbocycles. The molecule has 2 aromatic rings. The summed E-state index contributed by atoms with van der Waals surface area (Å²) in [5.41, 5.74) is 5.33. The Morgan fingerprint density at radius 1 is 1.53 bits per heavy atom. The minimum Gasteiger partial charge on any atom is -0.325 e. The molecule has 2 rings (SSSR count). The second kappa shape index (κ2) is 3.71. The lowest BCUT2D eigenvalue weighted by Crippen LogP contribution is -2.14. The molecule has 0 spiro atoms. The number of nitrogens with zero attached hydrogens (tertiary/aromatic N) is 1. The van der Waals surface area contributed by atoms with Gasteiger partial charge in [-0.15, -0.1) is 0 Å². The molecule has 4 nitrogen and oxygen atoms in total. The average Bonchev–Trinajstić information content (AvgIpc) is 2.24. The summed E-state index contributed by atoms with van der Waals surface area (Å²) in [5, 5.41) is 6.41. The van der Waals surface area contributed by atoms with Crippen molar-refractivity contribution in [3.63, 3.8) is 0 Å². The highest BCUT2D eigenvalue weighted by Gasteiger charge is 2.12. The minimum atomic E-state index is -0.508. The summed E-state index contributed by atoms with van der Waals surface area (Å²) in [6.07, 6.45) is 0. The van der Waals surface area contributed by atoms with Crippen LogP contribution in [0.25, 0.3) is 10.8 Å². The molecule has 1 aromatic heterocycles. The first-order valence-corrected chi connectivity index (χ1v) is 4.99. The number of nitrogens with two attached hydrogens (primary N) is 1. The Morgan fingerprint density at radius 2 is 2.27 bits per heavy atom. The molecule has 0 bridgehead atoms. The van der Waals surface area contributed by atoms with Crippen LogP contribution in [0, 0.1) is 5.82 Å². The van der Waals surface area contributed by atoms with Gasteiger partial charge in [0.1, 0.15) is 5.82 Å². The number of fused-ring (bicyclic) bond motifs is 1. The quantitative estimate of drug-likeness (QED) is 0.821. The molecule has 0 unspecified atom stereocenters. The number of hydrogen-bond acceptors (Lipinski definition) is 3. The molecule has 0 amide bonds. The number of aromatic amines is 1. The monoisotopic (exact) mass is 271 g/mol. The molecule has 15 heavy (non-hydrogen) atoms. The predicted molar refractivity (Wildman–Crippen MR) is 57.9 cm³/mol. The van der Waals surface area contributed by atoms with E-state index in [4.69, 9.17) is 5.73 Å². The van der Waals surface area contributed by atoms with E-state index in [1.54, 1.807) is 0 Å². The van der Waals surface area contributed by atoms with E-state index < -0.39 is 11.4 Å². The number of H-pyrrole nitrogens is 1. The lowest BCUT2D eigenvalue weighted by atomic mass is 10.1. The maximum atomic E-state index is 13.7. The molecule has 0 fully saturated rings. The highest BCUT2D eigenvalue weighted by Crippen LogP contribution is 2.24. The van der Waals surface area contributed by atoms with E-state index in [2.05, 4.69) is 26.1 Å². The normalized spacial score (nSPS) is 10.9. The van der Waals surface area contributed by atoms with Crippen molar-refractivity contribution >= 4 is 26.7 Å². The molecule has 0 saturated carbocycles. The van der Waals surface area contributed by atoms with E-state index in [1.165, 1.54) is 12.1 Å². The van der Waals surface area contributed by atoms with Gasteiger partial charge in [-0.1, -0.05) is 0 Å². The zero-order chi connectivity index (χ0) is 11.0. The summed E-state index contributed by atoms with van der Waals surface area (Å²) in [4.78, 5) is 11.4. The smallest absolute Gasteiger partial charge is 0.272 e. The zero-order valence-electron chi connectivity index (χ0n) is 7.55. The second-order valence-corrected chi connectivity index (χ2v) is 3.84. The molecule has 3 N–H and O–H groups in total. The van der Waals surface area contributed by atoms with Gasteiger partial charge in [0.05, 0.1) is 15.6 Å². The van der Waals surface area contributed by atoms with Crippen molar-refractivity contribution in [1.29, 1.82) is 0 Å². The third-order valence-corrected chi connectivity index (χ3v) is 2.73. The molecule has 1 heterocycles. The molecule has 0 aliphatic rings. The van der Waals surface area contributed by atoms with Crippen molar-refractivity contribution in [2.75, 3.05) is 0 Å². The first-order valence-electron chi connectivity index (χ1n) is 4.20. The Balaban J connectivity index is 3.02. The van der Waals surface area contributed by atoms with Gasteiger partial charge < -0.3 is 5.73 Å². The van der Waals surface area contributed by atoms with Crippen LogP contribution in [0.2, 0.25) is 0 Å². The van der Waals surface area contributed by atoms with Gasteiger partial charge in [-0.25, -0.2) is 9.49 Å². The van der Waals surface area contributed by atoms with Crippen molar-refractivity contribution in [3.8, 4) is 0 Å². The topological polar surface area (TPSA) is 71.8 Å². The van der Waals surface area contributed by atoms with E-state index >= 15 is 0 Å². The Hall–Kier alpha value is -1.27. The van der Waals surface area contributed by atoms with Crippen LogP contribution in [0.4, 0.5) is 4.39 Å². The summed E-state index contributed by atoms with van der Waals surface area (Å²) in [6.45, 7) is 0.0701. The van der Waals surface area contributed by atoms with Crippen LogP contribution in [-0.4, -0.2) is 10.2 Å². The van der Waals surface area contributed by atoms with Crippen LogP contribution in [0.1, 0.15) is 5.69 Å². The Labute approximate surface area is 92.4 Å². The summed E-state index contributed by atoms with van der Waals surface area (Å²) in [7, 11) is 0. The van der Waals surface area contributed by atoms with Crippen LogP contribution < -0.4 is 11.3 Å². The number of rotatable bonds is 1. The molecule has 78 valence electrons. The van der Waals surface area contributed by atoms with Crippen molar-refractivity contribution in [2.45, 2.75) is 6.54 Å². The molecule has 6 heteroatoms. The van der Waals surface area contributed by atoms with E-state index in [0.29, 0.717) is 5.69 Å². The Kier molecular flexibility index (Phi) is 2.54. The fraction of sp³-hybridized carbons (Fsp3) is 0.111. The molecular formula is C9H7BrFN3O. The first-order chi connectivity index (χ1) is 7.15. The van der Waals surface area contributed by atoms with Crippen LogP contribution in [0.3, 0.4) is 0 Å². The van der Waals surface area contributed by atoms with Gasteiger partial charge in [0.2, 0.25) is 0 Å². The van der Waals surface area contributed by atoms with Crippen molar-refractivity contribution in [3.05, 3.63) is 38.5 Å². The summed E-state index contributed by atoms with van der Waals surface area (Å²) >= 11 is 3.05. The largest absolute Gasteiger partial charge is 0.325 e. The number of halogens is 2. The molecular weight excluding hydrogens is 265 g/mol. The second-order valence-electron chi connectivity index (χ2n) is 2.99. The summed E-state index contributed by atoms with van der Waals surface area (Å²) < 4.78 is 14.0. The lowest BCUT2D eigenvalue weighted by molar-refractivity contribution is 0.630. The van der Waals surface area contributed by atoms with Gasteiger partial charge in [-0.3, -0.25) is 4.79 Å². The number of benzene rings is 1. The Morgan fingerprint density at radius 3 is 2.93 bits per heavy atom. The zero-order valence-corrected chi connectivity index (χ0v) is 9.14. The molecule has 0 saturated heterocycles. The van der Waals surface area contributed by atoms with E-state index in [0.717, 1.165) is 0 Å². The summed E-state index contributed by atoms with van der Waals surface area (Å²) in [6, 6.07) is 3.01. The molecule has 0 aliphatic heterocycles. The Bertz CT molecular complexity index is 581. The molecule has 0 radical (unpaired) electrons. The highest BCUT2D eigenvalue weighted by atomic mass is 79.9. The van der Waals surface area contributed by atoms with E-state index in [9.17, 15) is 9.18 Å². The van der Waals surface area contributed by atoms with Crippen molar-refractivity contribution in [2.24, 2.45) is 5.73 Å². The first kappa shape index (κ1) is 10.3. The molecule has 1 aromatic carbocycles. The van der Waals surface area contributed by atoms with E-state index in [1.807, 2.05) is 0 Å². The van der Waals surface area contributed by atoms with Crippen LogP contribution in [0.5, 0.6) is 0 Å². The fourth-order valence-electron chi connectivity index (χ4n) is 1.40. The van der Waals surface area contributed by atoms with Crippen molar-refractivity contribution in [1.82, 2.24) is 10.2 Å². The number of aromatic nitrogens is 2. The highest BCUT2D eigenvalue weighted by molar-refractivity contribution is 9.10. The van der Waals surface area contributed by atoms with Gasteiger partial charge in [-0.05, 0) is 28.1 Å². The lowest BCUT2D eigenvalue weighted by Gasteiger charge is -2.04. The number of hydrogen-bond donors (Lipinski definition) is 2. The van der Waals surface area contributed by atoms with Crippen LogP contribution >= 0.6 is 15.9 Å². The van der Waals surface area contributed by atoms with Gasteiger partial charge in [0, 0.05) is 11.9 Å². The average molecular weight is 272 g/mol. The van der Waals surface area contributed by atoms with Gasteiger partial charge in [-0.2, -0.15) is 5.10 Å². The molecule has 0 atom stereocenters.